The number of imidazole rings is 1. The predicted octanol–water partition coefficient (Wildman–Crippen LogP) is 4.80. The van der Waals surface area contributed by atoms with E-state index in [9.17, 15) is 0 Å². The first kappa shape index (κ1) is 19.6. The summed E-state index contributed by atoms with van der Waals surface area (Å²) in [5, 5.41) is 0. The number of hydrogen-bond donors (Lipinski definition) is 1. The van der Waals surface area contributed by atoms with Crippen molar-refractivity contribution in [3.63, 3.8) is 0 Å². The van der Waals surface area contributed by atoms with Crippen molar-refractivity contribution < 1.29 is 0 Å². The van der Waals surface area contributed by atoms with Crippen LogP contribution < -0.4 is 0 Å². The number of aromatic amines is 1. The minimum Gasteiger partial charge on any atom is -0.349 e. The van der Waals surface area contributed by atoms with Gasteiger partial charge in [0.25, 0.3) is 0 Å². The third kappa shape index (κ3) is 7.68. The molecule has 3 rings (SSSR count). The average Bonchev–Trinajstić information content (AvgIpc) is 3.03. The van der Waals surface area contributed by atoms with Crippen LogP contribution in [0.15, 0.2) is 55.5 Å². The number of nitrogens with one attached hydrogen (secondary N) is 1. The Hall–Kier alpha value is -2.49. The van der Waals surface area contributed by atoms with E-state index < -0.39 is 0 Å². The fourth-order valence-electron chi connectivity index (χ4n) is 1.72. The molecule has 0 saturated carbocycles. The standard InChI is InChI=1S/C9H13N.C7H9N.C4H6N2/c1-9(2,3)8-4-6-10-7-5-8;1-6-3-4-8-5-7(6)2;1-4-2-5-3-6-4/h4-7H,1-3H3;3-5H,1-2H3;2-3H,1H3,(H,5,6). The summed E-state index contributed by atoms with van der Waals surface area (Å²) >= 11 is 0. The van der Waals surface area contributed by atoms with Gasteiger partial charge < -0.3 is 4.98 Å². The molecule has 128 valence electrons. The second-order valence-corrected chi connectivity index (χ2v) is 6.68. The number of rotatable bonds is 0. The summed E-state index contributed by atoms with van der Waals surface area (Å²) in [6.07, 6.45) is 10.8. The molecule has 0 amide bonds. The average molecular weight is 324 g/mol. The van der Waals surface area contributed by atoms with Crippen molar-refractivity contribution in [2.24, 2.45) is 0 Å². The summed E-state index contributed by atoms with van der Waals surface area (Å²) in [5.74, 6) is 0. The Morgan fingerprint density at radius 1 is 0.750 bits per heavy atom. The molecular weight excluding hydrogens is 296 g/mol. The van der Waals surface area contributed by atoms with Crippen LogP contribution in [-0.4, -0.2) is 19.9 Å². The fourth-order valence-corrected chi connectivity index (χ4v) is 1.72. The lowest BCUT2D eigenvalue weighted by molar-refractivity contribution is 0.589. The Balaban J connectivity index is 0.000000186. The summed E-state index contributed by atoms with van der Waals surface area (Å²) in [4.78, 5) is 14.6. The number of nitrogens with zero attached hydrogens (tertiary/aromatic N) is 3. The van der Waals surface area contributed by atoms with Crippen LogP contribution in [0.5, 0.6) is 0 Å². The highest BCUT2D eigenvalue weighted by molar-refractivity contribution is 5.19. The smallest absolute Gasteiger partial charge is 0.0921 e. The van der Waals surface area contributed by atoms with E-state index in [4.69, 9.17) is 0 Å². The highest BCUT2D eigenvalue weighted by Crippen LogP contribution is 2.20. The summed E-state index contributed by atoms with van der Waals surface area (Å²) in [6.45, 7) is 12.7. The van der Waals surface area contributed by atoms with Crippen LogP contribution in [0.25, 0.3) is 0 Å². The summed E-state index contributed by atoms with van der Waals surface area (Å²) in [5.41, 5.74) is 5.26. The lowest BCUT2D eigenvalue weighted by Crippen LogP contribution is -2.10. The second kappa shape index (κ2) is 9.60. The molecule has 0 aromatic carbocycles. The molecule has 24 heavy (non-hydrogen) atoms. The molecule has 0 saturated heterocycles. The van der Waals surface area contributed by atoms with Gasteiger partial charge in [0.1, 0.15) is 0 Å². The van der Waals surface area contributed by atoms with Crippen molar-refractivity contribution in [2.45, 2.75) is 47.0 Å². The maximum Gasteiger partial charge on any atom is 0.0921 e. The van der Waals surface area contributed by atoms with Gasteiger partial charge in [-0.25, -0.2) is 4.98 Å². The first-order valence-corrected chi connectivity index (χ1v) is 8.03. The number of pyridine rings is 2. The van der Waals surface area contributed by atoms with Gasteiger partial charge in [0.15, 0.2) is 0 Å². The number of H-pyrrole nitrogens is 1. The van der Waals surface area contributed by atoms with E-state index >= 15 is 0 Å². The van der Waals surface area contributed by atoms with Crippen LogP contribution in [0.4, 0.5) is 0 Å². The zero-order valence-corrected chi connectivity index (χ0v) is 15.5. The van der Waals surface area contributed by atoms with E-state index in [1.165, 1.54) is 16.7 Å². The molecule has 0 fully saturated rings. The van der Waals surface area contributed by atoms with Gasteiger partial charge >= 0.3 is 0 Å². The van der Waals surface area contributed by atoms with Crippen molar-refractivity contribution in [3.8, 4) is 0 Å². The first-order chi connectivity index (χ1) is 11.3. The van der Waals surface area contributed by atoms with Crippen LogP contribution in [0.1, 0.15) is 43.2 Å². The molecule has 3 aromatic heterocycles. The Morgan fingerprint density at radius 3 is 1.67 bits per heavy atom. The molecule has 3 heterocycles. The quantitative estimate of drug-likeness (QED) is 0.646. The Kier molecular flexibility index (Phi) is 7.83. The number of aromatic nitrogens is 4. The van der Waals surface area contributed by atoms with E-state index in [0.717, 1.165) is 5.69 Å². The third-order valence-corrected chi connectivity index (χ3v) is 3.48. The predicted molar refractivity (Wildman–Crippen MR) is 100.0 cm³/mol. The fraction of sp³-hybridized carbons (Fsp3) is 0.350. The zero-order valence-electron chi connectivity index (χ0n) is 15.5. The molecule has 1 N–H and O–H groups in total. The molecular formula is C20H28N4. The number of aryl methyl sites for hydroxylation is 3. The molecule has 0 radical (unpaired) electrons. The summed E-state index contributed by atoms with van der Waals surface area (Å²) in [6, 6.07) is 6.12. The van der Waals surface area contributed by atoms with Crippen molar-refractivity contribution in [2.75, 3.05) is 0 Å². The van der Waals surface area contributed by atoms with Crippen molar-refractivity contribution >= 4 is 0 Å². The topological polar surface area (TPSA) is 54.5 Å². The minimum atomic E-state index is 0.253. The highest BCUT2D eigenvalue weighted by atomic mass is 14.8. The van der Waals surface area contributed by atoms with Gasteiger partial charge in [-0.1, -0.05) is 20.8 Å². The zero-order chi connectivity index (χ0) is 18.0. The van der Waals surface area contributed by atoms with Crippen molar-refractivity contribution in [3.05, 3.63) is 77.9 Å². The third-order valence-electron chi connectivity index (χ3n) is 3.48. The largest absolute Gasteiger partial charge is 0.349 e. The molecule has 0 atom stereocenters. The Morgan fingerprint density at radius 2 is 1.38 bits per heavy atom. The molecule has 0 aliphatic carbocycles. The SMILES string of the molecule is CC(C)(C)c1ccncc1.Cc1ccncc1C.Cc1cnc[nH]1. The second-order valence-electron chi connectivity index (χ2n) is 6.68. The monoisotopic (exact) mass is 324 g/mol. The van der Waals surface area contributed by atoms with Gasteiger partial charge in [-0.05, 0) is 61.1 Å². The van der Waals surface area contributed by atoms with Crippen LogP contribution in [0.3, 0.4) is 0 Å². The van der Waals surface area contributed by atoms with Gasteiger partial charge in [0.2, 0.25) is 0 Å². The Labute approximate surface area is 145 Å². The van der Waals surface area contributed by atoms with E-state index in [-0.39, 0.29) is 5.41 Å². The lowest BCUT2D eigenvalue weighted by Gasteiger charge is -2.17. The van der Waals surface area contributed by atoms with Gasteiger partial charge in [0.05, 0.1) is 6.33 Å². The summed E-state index contributed by atoms with van der Waals surface area (Å²) < 4.78 is 0. The molecule has 0 spiro atoms. The normalized spacial score (nSPS) is 10.1. The first-order valence-electron chi connectivity index (χ1n) is 8.03. The highest BCUT2D eigenvalue weighted by Gasteiger charge is 2.11. The lowest BCUT2D eigenvalue weighted by atomic mass is 9.88. The van der Waals surface area contributed by atoms with E-state index in [1.54, 1.807) is 12.5 Å². The molecule has 0 unspecified atom stereocenters. The molecule has 3 aromatic rings. The van der Waals surface area contributed by atoms with Crippen LogP contribution in [0.2, 0.25) is 0 Å². The van der Waals surface area contributed by atoms with E-state index in [0.29, 0.717) is 0 Å². The number of hydrogen-bond acceptors (Lipinski definition) is 3. The molecule has 0 aliphatic heterocycles. The Bertz CT molecular complexity index is 662. The van der Waals surface area contributed by atoms with Gasteiger partial charge in [-0.2, -0.15) is 0 Å². The van der Waals surface area contributed by atoms with Crippen molar-refractivity contribution in [1.82, 2.24) is 19.9 Å². The van der Waals surface area contributed by atoms with E-state index in [1.807, 2.05) is 37.8 Å². The van der Waals surface area contributed by atoms with E-state index in [2.05, 4.69) is 66.7 Å². The van der Waals surface area contributed by atoms with Crippen LogP contribution in [-0.2, 0) is 5.41 Å². The molecule has 0 bridgehead atoms. The minimum absolute atomic E-state index is 0.253. The van der Waals surface area contributed by atoms with Gasteiger partial charge in [-0.3, -0.25) is 9.97 Å². The van der Waals surface area contributed by atoms with Gasteiger partial charge in [-0.15, -0.1) is 0 Å². The molecule has 4 nitrogen and oxygen atoms in total. The maximum atomic E-state index is 3.96. The summed E-state index contributed by atoms with van der Waals surface area (Å²) in [7, 11) is 0. The molecule has 4 heteroatoms. The van der Waals surface area contributed by atoms with Gasteiger partial charge in [0, 0.05) is 36.7 Å². The maximum absolute atomic E-state index is 3.96. The molecule has 0 aliphatic rings. The van der Waals surface area contributed by atoms with Crippen LogP contribution in [0, 0.1) is 20.8 Å². The van der Waals surface area contributed by atoms with Crippen LogP contribution >= 0.6 is 0 Å². The van der Waals surface area contributed by atoms with Crippen molar-refractivity contribution in [1.29, 1.82) is 0 Å².